The van der Waals surface area contributed by atoms with E-state index in [9.17, 15) is 9.90 Å². The molecule has 1 heterocycles. The summed E-state index contributed by atoms with van der Waals surface area (Å²) in [7, 11) is 0. The average molecular weight is 408 g/mol. The van der Waals surface area contributed by atoms with E-state index in [0.29, 0.717) is 34.9 Å². The Kier molecular flexibility index (Phi) is 5.99. The molecular formula is C21H23Cl2NO3. The zero-order valence-electron chi connectivity index (χ0n) is 15.3. The van der Waals surface area contributed by atoms with E-state index in [1.165, 1.54) is 0 Å². The van der Waals surface area contributed by atoms with Crippen molar-refractivity contribution in [3.8, 4) is 5.75 Å². The zero-order chi connectivity index (χ0) is 19.6. The SMILES string of the molecule is CCC(=O)N[C@@]1(C)C[C@@H](c2ccc(Cl)cc2)O[C@@H](c2cc(Cl)ccc2O)C1. The lowest BCUT2D eigenvalue weighted by molar-refractivity contribution is -0.128. The lowest BCUT2D eigenvalue weighted by Gasteiger charge is -2.43. The molecule has 1 aliphatic heterocycles. The lowest BCUT2D eigenvalue weighted by atomic mass is 9.81. The maximum atomic E-state index is 12.1. The van der Waals surface area contributed by atoms with E-state index >= 15 is 0 Å². The van der Waals surface area contributed by atoms with Crippen molar-refractivity contribution in [1.82, 2.24) is 5.32 Å². The van der Waals surface area contributed by atoms with Crippen LogP contribution in [0.5, 0.6) is 5.75 Å². The number of aromatic hydroxyl groups is 1. The largest absolute Gasteiger partial charge is 0.508 e. The van der Waals surface area contributed by atoms with Gasteiger partial charge in [0.25, 0.3) is 0 Å². The molecule has 3 atom stereocenters. The topological polar surface area (TPSA) is 58.6 Å². The molecule has 0 saturated carbocycles. The molecule has 144 valence electrons. The number of carbonyl (C=O) groups is 1. The van der Waals surface area contributed by atoms with Crippen LogP contribution in [-0.2, 0) is 9.53 Å². The van der Waals surface area contributed by atoms with Crippen LogP contribution in [-0.4, -0.2) is 16.6 Å². The van der Waals surface area contributed by atoms with Crippen LogP contribution in [0.25, 0.3) is 0 Å². The van der Waals surface area contributed by atoms with Gasteiger partial charge in [0.2, 0.25) is 5.91 Å². The van der Waals surface area contributed by atoms with Crippen molar-refractivity contribution >= 4 is 29.1 Å². The van der Waals surface area contributed by atoms with E-state index in [0.717, 1.165) is 5.56 Å². The van der Waals surface area contributed by atoms with E-state index < -0.39 is 11.6 Å². The fourth-order valence-corrected chi connectivity index (χ4v) is 3.87. The standard InChI is InChI=1S/C21H23Cl2NO3/c1-3-20(26)24-21(2)11-18(13-4-6-14(22)7-5-13)27-19(12-21)16-10-15(23)8-9-17(16)25/h4-10,18-19,25H,3,11-12H2,1-2H3,(H,24,26)/t18-,19+,21-/m0/s1. The molecule has 1 saturated heterocycles. The van der Waals surface area contributed by atoms with Crippen LogP contribution in [0.3, 0.4) is 0 Å². The number of halogens is 2. The molecule has 0 bridgehead atoms. The lowest BCUT2D eigenvalue weighted by Crippen LogP contribution is -2.50. The van der Waals surface area contributed by atoms with E-state index in [1.807, 2.05) is 38.1 Å². The summed E-state index contributed by atoms with van der Waals surface area (Å²) in [6.45, 7) is 3.84. The van der Waals surface area contributed by atoms with Gasteiger partial charge in [-0.15, -0.1) is 0 Å². The first-order chi connectivity index (χ1) is 12.8. The van der Waals surface area contributed by atoms with Crippen LogP contribution in [0, 0.1) is 0 Å². The number of phenols is 1. The van der Waals surface area contributed by atoms with Gasteiger partial charge in [0, 0.05) is 40.4 Å². The molecule has 0 spiro atoms. The third kappa shape index (κ3) is 4.75. The summed E-state index contributed by atoms with van der Waals surface area (Å²) < 4.78 is 6.33. The Morgan fingerprint density at radius 3 is 2.44 bits per heavy atom. The van der Waals surface area contributed by atoms with Crippen molar-refractivity contribution in [2.24, 2.45) is 0 Å². The molecule has 0 aliphatic carbocycles. The Hall–Kier alpha value is -1.75. The molecule has 3 rings (SSSR count). The van der Waals surface area contributed by atoms with E-state index in [1.54, 1.807) is 18.2 Å². The van der Waals surface area contributed by atoms with Gasteiger partial charge in [0.15, 0.2) is 0 Å². The van der Waals surface area contributed by atoms with Gasteiger partial charge in [-0.3, -0.25) is 4.79 Å². The monoisotopic (exact) mass is 407 g/mol. The normalized spacial score (nSPS) is 25.2. The molecule has 1 amide bonds. The Labute approximate surface area is 169 Å². The van der Waals surface area contributed by atoms with Crippen molar-refractivity contribution in [1.29, 1.82) is 0 Å². The number of amides is 1. The highest BCUT2D eigenvalue weighted by Crippen LogP contribution is 2.46. The van der Waals surface area contributed by atoms with Gasteiger partial charge in [-0.1, -0.05) is 42.3 Å². The summed E-state index contributed by atoms with van der Waals surface area (Å²) in [6.07, 6.45) is 0.922. The van der Waals surface area contributed by atoms with Crippen molar-refractivity contribution < 1.29 is 14.6 Å². The molecule has 1 aliphatic rings. The maximum Gasteiger partial charge on any atom is 0.220 e. The van der Waals surface area contributed by atoms with Crippen LogP contribution < -0.4 is 5.32 Å². The van der Waals surface area contributed by atoms with Gasteiger partial charge < -0.3 is 15.2 Å². The van der Waals surface area contributed by atoms with Crippen molar-refractivity contribution in [3.63, 3.8) is 0 Å². The zero-order valence-corrected chi connectivity index (χ0v) is 16.8. The predicted octanol–water partition coefficient (Wildman–Crippen LogP) is 5.58. The predicted molar refractivity (Wildman–Crippen MR) is 107 cm³/mol. The summed E-state index contributed by atoms with van der Waals surface area (Å²) in [4.78, 5) is 12.1. The minimum absolute atomic E-state index is 0.0108. The van der Waals surface area contributed by atoms with Crippen LogP contribution in [0.4, 0.5) is 0 Å². The molecule has 2 N–H and O–H groups in total. The highest BCUT2D eigenvalue weighted by molar-refractivity contribution is 6.30. The number of phenolic OH excluding ortho intramolecular Hbond substituents is 1. The molecule has 6 heteroatoms. The number of benzene rings is 2. The molecule has 0 unspecified atom stereocenters. The van der Waals surface area contributed by atoms with Crippen molar-refractivity contribution in [2.45, 2.75) is 50.9 Å². The molecule has 2 aromatic rings. The maximum absolute atomic E-state index is 12.1. The van der Waals surface area contributed by atoms with Crippen molar-refractivity contribution in [2.75, 3.05) is 0 Å². The van der Waals surface area contributed by atoms with Gasteiger partial charge in [-0.2, -0.15) is 0 Å². The highest BCUT2D eigenvalue weighted by Gasteiger charge is 2.40. The highest BCUT2D eigenvalue weighted by atomic mass is 35.5. The minimum Gasteiger partial charge on any atom is -0.508 e. The molecular weight excluding hydrogens is 385 g/mol. The molecule has 2 aromatic carbocycles. The molecule has 0 aromatic heterocycles. The second-order valence-electron chi connectivity index (χ2n) is 7.24. The third-order valence-corrected chi connectivity index (χ3v) is 5.43. The fraction of sp³-hybridized carbons (Fsp3) is 0.381. The first-order valence-electron chi connectivity index (χ1n) is 9.00. The molecule has 0 radical (unpaired) electrons. The number of carbonyl (C=O) groups excluding carboxylic acids is 1. The minimum atomic E-state index is -0.477. The quantitative estimate of drug-likeness (QED) is 0.695. The van der Waals surface area contributed by atoms with Gasteiger partial charge >= 0.3 is 0 Å². The molecule has 27 heavy (non-hydrogen) atoms. The van der Waals surface area contributed by atoms with E-state index in [-0.39, 0.29) is 17.8 Å². The summed E-state index contributed by atoms with van der Waals surface area (Å²) in [5.74, 6) is 0.119. The second kappa shape index (κ2) is 8.09. The van der Waals surface area contributed by atoms with Crippen LogP contribution in [0.15, 0.2) is 42.5 Å². The van der Waals surface area contributed by atoms with Gasteiger partial charge in [0.1, 0.15) is 5.75 Å². The van der Waals surface area contributed by atoms with Crippen LogP contribution in [0.1, 0.15) is 56.4 Å². The second-order valence-corrected chi connectivity index (χ2v) is 8.11. The van der Waals surface area contributed by atoms with Crippen LogP contribution >= 0.6 is 23.2 Å². The fourth-order valence-electron chi connectivity index (χ4n) is 3.56. The van der Waals surface area contributed by atoms with E-state index in [2.05, 4.69) is 5.32 Å². The number of ether oxygens (including phenoxy) is 1. The average Bonchev–Trinajstić information content (AvgIpc) is 2.63. The van der Waals surface area contributed by atoms with Crippen molar-refractivity contribution in [3.05, 3.63) is 63.6 Å². The smallest absolute Gasteiger partial charge is 0.220 e. The van der Waals surface area contributed by atoms with Gasteiger partial charge in [-0.05, 0) is 42.8 Å². The Morgan fingerprint density at radius 1 is 1.15 bits per heavy atom. The van der Waals surface area contributed by atoms with Crippen LogP contribution in [0.2, 0.25) is 10.0 Å². The summed E-state index contributed by atoms with van der Waals surface area (Å²) in [5, 5.41) is 14.6. The van der Waals surface area contributed by atoms with Gasteiger partial charge in [0.05, 0.1) is 12.2 Å². The Bertz CT molecular complexity index is 825. The number of hydrogen-bond donors (Lipinski definition) is 2. The number of hydrogen-bond acceptors (Lipinski definition) is 3. The summed E-state index contributed by atoms with van der Waals surface area (Å²) in [5.41, 5.74) is 1.12. The number of nitrogens with one attached hydrogen (secondary N) is 1. The third-order valence-electron chi connectivity index (χ3n) is 4.94. The van der Waals surface area contributed by atoms with Gasteiger partial charge in [-0.25, -0.2) is 0 Å². The Balaban J connectivity index is 1.96. The molecule has 4 nitrogen and oxygen atoms in total. The first-order valence-corrected chi connectivity index (χ1v) is 9.75. The first kappa shape index (κ1) is 20.0. The summed E-state index contributed by atoms with van der Waals surface area (Å²) >= 11 is 12.1. The van der Waals surface area contributed by atoms with E-state index in [4.69, 9.17) is 27.9 Å². The number of rotatable bonds is 4. The Morgan fingerprint density at radius 2 is 1.78 bits per heavy atom. The molecule has 1 fully saturated rings. The summed E-state index contributed by atoms with van der Waals surface area (Å²) in [6, 6.07) is 12.4.